The van der Waals surface area contributed by atoms with E-state index in [-0.39, 0.29) is 5.91 Å². The second-order valence-corrected chi connectivity index (χ2v) is 5.24. The first-order valence-corrected chi connectivity index (χ1v) is 6.86. The highest BCUT2D eigenvalue weighted by atomic mass is 35.5. The van der Waals surface area contributed by atoms with Crippen LogP contribution in [0.2, 0.25) is 5.02 Å². The lowest BCUT2D eigenvalue weighted by Crippen LogP contribution is -2.17. The van der Waals surface area contributed by atoms with Crippen LogP contribution in [-0.2, 0) is 0 Å². The lowest BCUT2D eigenvalue weighted by Gasteiger charge is -2.14. The Morgan fingerprint density at radius 3 is 2.38 bits per heavy atom. The van der Waals surface area contributed by atoms with Crippen LogP contribution in [0.4, 0.5) is 5.69 Å². The molecule has 0 bridgehead atoms. The summed E-state index contributed by atoms with van der Waals surface area (Å²) in [6.07, 6.45) is 0. The van der Waals surface area contributed by atoms with Crippen molar-refractivity contribution < 1.29 is 9.53 Å². The highest BCUT2D eigenvalue weighted by molar-refractivity contribution is 6.30. The van der Waals surface area contributed by atoms with Gasteiger partial charge in [0.25, 0.3) is 5.91 Å². The molecule has 0 saturated heterocycles. The second-order valence-electron chi connectivity index (χ2n) is 4.80. The molecule has 2 aromatic rings. The van der Waals surface area contributed by atoms with Gasteiger partial charge >= 0.3 is 0 Å². The largest absolute Gasteiger partial charge is 0.455 e. The first kappa shape index (κ1) is 15.2. The van der Waals surface area contributed by atoms with Crippen LogP contribution in [0.3, 0.4) is 0 Å². The zero-order valence-electron chi connectivity index (χ0n) is 12.2. The number of nitrogens with two attached hydrogens (primary N) is 1. The first-order chi connectivity index (χ1) is 9.92. The molecular formula is C16H17ClN2O2. The van der Waals surface area contributed by atoms with Crippen LogP contribution < -0.4 is 15.8 Å². The predicted octanol–water partition coefficient (Wildman–Crippen LogP) is 3.69. The van der Waals surface area contributed by atoms with Crippen LogP contribution in [0.1, 0.15) is 21.5 Å². The highest BCUT2D eigenvalue weighted by Gasteiger charge is 2.12. The standard InChI is InChI=1S/C16H17ClN2O2/c1-9-6-12(17)7-10(2)15(9)21-14-8-11(16(20)19-3)4-5-13(14)18/h4-8H,18H2,1-3H3,(H,19,20). The molecule has 0 fully saturated rings. The predicted molar refractivity (Wildman–Crippen MR) is 85.2 cm³/mol. The van der Waals surface area contributed by atoms with Gasteiger partial charge in [0.1, 0.15) is 5.75 Å². The fourth-order valence-corrected chi connectivity index (χ4v) is 2.40. The van der Waals surface area contributed by atoms with E-state index in [1.54, 1.807) is 25.2 Å². The second kappa shape index (κ2) is 6.06. The lowest BCUT2D eigenvalue weighted by atomic mass is 10.1. The third kappa shape index (κ3) is 3.28. The van der Waals surface area contributed by atoms with Gasteiger partial charge in [-0.2, -0.15) is 0 Å². The van der Waals surface area contributed by atoms with Crippen molar-refractivity contribution in [3.05, 3.63) is 52.0 Å². The Balaban J connectivity index is 2.42. The molecule has 3 N–H and O–H groups in total. The van der Waals surface area contributed by atoms with Gasteiger partial charge in [-0.05, 0) is 55.3 Å². The molecule has 2 aromatic carbocycles. The van der Waals surface area contributed by atoms with E-state index in [1.807, 2.05) is 26.0 Å². The minimum atomic E-state index is -0.190. The van der Waals surface area contributed by atoms with Crippen LogP contribution in [-0.4, -0.2) is 13.0 Å². The molecule has 0 aromatic heterocycles. The number of hydrogen-bond donors (Lipinski definition) is 2. The van der Waals surface area contributed by atoms with Gasteiger partial charge < -0.3 is 15.8 Å². The van der Waals surface area contributed by atoms with Crippen molar-refractivity contribution in [2.45, 2.75) is 13.8 Å². The number of carbonyl (C=O) groups excluding carboxylic acids is 1. The summed E-state index contributed by atoms with van der Waals surface area (Å²) in [5, 5.41) is 3.23. The van der Waals surface area contributed by atoms with Crippen molar-refractivity contribution in [1.82, 2.24) is 5.32 Å². The fraction of sp³-hybridized carbons (Fsp3) is 0.188. The Hall–Kier alpha value is -2.20. The van der Waals surface area contributed by atoms with Gasteiger partial charge in [0.2, 0.25) is 0 Å². The number of carbonyl (C=O) groups is 1. The smallest absolute Gasteiger partial charge is 0.251 e. The molecule has 0 unspecified atom stereocenters. The molecule has 0 radical (unpaired) electrons. The minimum Gasteiger partial charge on any atom is -0.455 e. The number of anilines is 1. The molecule has 0 aliphatic heterocycles. The number of ether oxygens (including phenoxy) is 1. The Bertz CT molecular complexity index is 676. The normalized spacial score (nSPS) is 10.3. The molecule has 0 aliphatic carbocycles. The van der Waals surface area contributed by atoms with Crippen molar-refractivity contribution in [2.24, 2.45) is 0 Å². The van der Waals surface area contributed by atoms with Gasteiger partial charge in [-0.15, -0.1) is 0 Å². The zero-order valence-corrected chi connectivity index (χ0v) is 12.9. The summed E-state index contributed by atoms with van der Waals surface area (Å²) >= 11 is 6.01. The molecule has 0 spiro atoms. The van der Waals surface area contributed by atoms with Crippen LogP contribution in [0.5, 0.6) is 11.5 Å². The quantitative estimate of drug-likeness (QED) is 0.850. The average molecular weight is 305 g/mol. The molecule has 0 aliphatic rings. The summed E-state index contributed by atoms with van der Waals surface area (Å²) < 4.78 is 5.90. The van der Waals surface area contributed by atoms with Gasteiger partial charge in [-0.25, -0.2) is 0 Å². The minimum absolute atomic E-state index is 0.190. The topological polar surface area (TPSA) is 64.4 Å². The number of rotatable bonds is 3. The van der Waals surface area contributed by atoms with E-state index in [9.17, 15) is 4.79 Å². The van der Waals surface area contributed by atoms with Gasteiger partial charge in [0.05, 0.1) is 5.69 Å². The van der Waals surface area contributed by atoms with Gasteiger partial charge in [-0.1, -0.05) is 11.6 Å². The number of aryl methyl sites for hydroxylation is 2. The molecule has 1 amide bonds. The Labute approximate surface area is 128 Å². The van der Waals surface area contributed by atoms with Crippen molar-refractivity contribution in [1.29, 1.82) is 0 Å². The summed E-state index contributed by atoms with van der Waals surface area (Å²) in [5.41, 5.74) is 8.70. The third-order valence-corrected chi connectivity index (χ3v) is 3.36. The van der Waals surface area contributed by atoms with E-state index in [0.717, 1.165) is 11.1 Å². The van der Waals surface area contributed by atoms with Crippen molar-refractivity contribution >= 4 is 23.2 Å². The van der Waals surface area contributed by atoms with E-state index in [1.165, 1.54) is 0 Å². The molecule has 21 heavy (non-hydrogen) atoms. The van der Waals surface area contributed by atoms with E-state index >= 15 is 0 Å². The maximum atomic E-state index is 11.7. The Kier molecular flexibility index (Phi) is 4.38. The van der Waals surface area contributed by atoms with Crippen molar-refractivity contribution in [3.63, 3.8) is 0 Å². The molecule has 2 rings (SSSR count). The molecule has 0 atom stereocenters. The number of amides is 1. The molecule has 0 saturated carbocycles. The number of benzene rings is 2. The van der Waals surface area contributed by atoms with E-state index in [0.29, 0.717) is 27.8 Å². The molecule has 4 nitrogen and oxygen atoms in total. The van der Waals surface area contributed by atoms with E-state index in [4.69, 9.17) is 22.1 Å². The molecule has 110 valence electrons. The maximum Gasteiger partial charge on any atom is 0.251 e. The van der Waals surface area contributed by atoms with Crippen LogP contribution >= 0.6 is 11.6 Å². The monoisotopic (exact) mass is 304 g/mol. The van der Waals surface area contributed by atoms with E-state index in [2.05, 4.69) is 5.32 Å². The summed E-state index contributed by atoms with van der Waals surface area (Å²) in [4.78, 5) is 11.7. The fourth-order valence-electron chi connectivity index (χ4n) is 2.08. The summed E-state index contributed by atoms with van der Waals surface area (Å²) in [6.45, 7) is 3.82. The number of nitrogens with one attached hydrogen (secondary N) is 1. The van der Waals surface area contributed by atoms with Crippen LogP contribution in [0.25, 0.3) is 0 Å². The lowest BCUT2D eigenvalue weighted by molar-refractivity contribution is 0.0963. The van der Waals surface area contributed by atoms with Gasteiger partial charge in [0.15, 0.2) is 5.75 Å². The average Bonchev–Trinajstić information content (AvgIpc) is 2.43. The SMILES string of the molecule is CNC(=O)c1ccc(N)c(Oc2c(C)cc(Cl)cc2C)c1. The van der Waals surface area contributed by atoms with Crippen molar-refractivity contribution in [3.8, 4) is 11.5 Å². The zero-order chi connectivity index (χ0) is 15.6. The Morgan fingerprint density at radius 1 is 1.19 bits per heavy atom. The number of nitrogen functional groups attached to an aromatic ring is 1. The van der Waals surface area contributed by atoms with Crippen LogP contribution in [0, 0.1) is 13.8 Å². The van der Waals surface area contributed by atoms with Crippen LogP contribution in [0.15, 0.2) is 30.3 Å². The molecule has 5 heteroatoms. The summed E-state index contributed by atoms with van der Waals surface area (Å²) in [6, 6.07) is 8.58. The van der Waals surface area contributed by atoms with Crippen molar-refractivity contribution in [2.75, 3.05) is 12.8 Å². The van der Waals surface area contributed by atoms with E-state index < -0.39 is 0 Å². The van der Waals surface area contributed by atoms with Gasteiger partial charge in [-0.3, -0.25) is 4.79 Å². The summed E-state index contributed by atoms with van der Waals surface area (Å²) in [5.74, 6) is 0.953. The number of hydrogen-bond acceptors (Lipinski definition) is 3. The highest BCUT2D eigenvalue weighted by Crippen LogP contribution is 2.34. The Morgan fingerprint density at radius 2 is 1.81 bits per heavy atom. The molecular weight excluding hydrogens is 288 g/mol. The number of halogens is 1. The first-order valence-electron chi connectivity index (χ1n) is 6.48. The third-order valence-electron chi connectivity index (χ3n) is 3.14. The molecule has 0 heterocycles. The van der Waals surface area contributed by atoms with Gasteiger partial charge in [0, 0.05) is 17.6 Å². The maximum absolute atomic E-state index is 11.7. The summed E-state index contributed by atoms with van der Waals surface area (Å²) in [7, 11) is 1.58.